The van der Waals surface area contributed by atoms with Crippen molar-refractivity contribution in [1.29, 1.82) is 0 Å². The summed E-state index contributed by atoms with van der Waals surface area (Å²) in [7, 11) is -2.88. The quantitative estimate of drug-likeness (QED) is 0.244. The van der Waals surface area contributed by atoms with Crippen molar-refractivity contribution < 1.29 is 27.5 Å². The molecule has 2 saturated carbocycles. The van der Waals surface area contributed by atoms with Crippen molar-refractivity contribution in [2.45, 2.75) is 90.9 Å². The Morgan fingerprint density at radius 3 is 1.56 bits per heavy atom. The first-order valence-corrected chi connectivity index (χ1v) is 15.6. The first-order valence-electron chi connectivity index (χ1n) is 12.2. The molecule has 0 aromatic heterocycles. The second-order valence-corrected chi connectivity index (χ2v) is 12.5. The summed E-state index contributed by atoms with van der Waals surface area (Å²) in [5, 5.41) is 0. The molecule has 2 rings (SSSR count). The van der Waals surface area contributed by atoms with Gasteiger partial charge < -0.3 is 9.47 Å². The molecule has 2 aliphatic carbocycles. The molecule has 6 nitrogen and oxygen atoms in total. The molecule has 2 aliphatic rings. The van der Waals surface area contributed by atoms with E-state index >= 15 is 0 Å². The van der Waals surface area contributed by atoms with Gasteiger partial charge in [-0.2, -0.15) is 11.8 Å². The molecule has 32 heavy (non-hydrogen) atoms. The Bertz CT molecular complexity index is 666. The third-order valence-corrected chi connectivity index (χ3v) is 8.44. The van der Waals surface area contributed by atoms with Gasteiger partial charge in [-0.05, 0) is 77.2 Å². The predicted octanol–water partition coefficient (Wildman–Crippen LogP) is 5.19. The molecule has 0 amide bonds. The van der Waals surface area contributed by atoms with E-state index in [1.807, 2.05) is 25.6 Å². The minimum atomic E-state index is -2.88. The van der Waals surface area contributed by atoms with Crippen molar-refractivity contribution in [3.05, 3.63) is 0 Å². The Balaban J connectivity index is 0.000000323. The van der Waals surface area contributed by atoms with Crippen LogP contribution in [0.25, 0.3) is 0 Å². The maximum absolute atomic E-state index is 11.8. The number of sulfone groups is 1. The highest BCUT2D eigenvalue weighted by molar-refractivity contribution is 7.98. The molecule has 2 fully saturated rings. The molecule has 0 N–H and O–H groups in total. The fraction of sp³-hybridized carbons (Fsp3) is 0.917. The molecular weight excluding hydrogens is 448 g/mol. The number of rotatable bonds is 14. The summed E-state index contributed by atoms with van der Waals surface area (Å²) in [6, 6.07) is 0. The van der Waals surface area contributed by atoms with E-state index in [4.69, 9.17) is 9.47 Å². The summed E-state index contributed by atoms with van der Waals surface area (Å²) in [6.07, 6.45) is 15.1. The van der Waals surface area contributed by atoms with Crippen LogP contribution in [0.4, 0.5) is 0 Å². The average molecular weight is 493 g/mol. The van der Waals surface area contributed by atoms with Gasteiger partial charge in [0.05, 0.1) is 24.0 Å². The van der Waals surface area contributed by atoms with Crippen molar-refractivity contribution in [2.75, 3.05) is 37.2 Å². The lowest BCUT2D eigenvalue weighted by molar-refractivity contribution is -0.162. The summed E-state index contributed by atoms with van der Waals surface area (Å²) >= 11 is 1.88. The second kappa shape index (κ2) is 14.5. The van der Waals surface area contributed by atoms with E-state index in [-0.39, 0.29) is 28.5 Å². The van der Waals surface area contributed by atoms with Gasteiger partial charge in [0.2, 0.25) is 0 Å². The zero-order valence-electron chi connectivity index (χ0n) is 20.6. The van der Waals surface area contributed by atoms with Gasteiger partial charge in [0.25, 0.3) is 0 Å². The van der Waals surface area contributed by atoms with Crippen LogP contribution in [0.3, 0.4) is 0 Å². The fourth-order valence-corrected chi connectivity index (χ4v) is 5.65. The highest BCUT2D eigenvalue weighted by atomic mass is 32.2. The molecule has 0 unspecified atom stereocenters. The third kappa shape index (κ3) is 9.62. The zero-order chi connectivity index (χ0) is 24.1. The smallest absolute Gasteiger partial charge is 0.312 e. The minimum Gasteiger partial charge on any atom is -0.466 e. The molecule has 0 aromatic rings. The maximum atomic E-state index is 11.8. The van der Waals surface area contributed by atoms with Gasteiger partial charge in [0.15, 0.2) is 0 Å². The number of hydrogen-bond donors (Lipinski definition) is 0. The standard InChI is InChI=1S/C12H22O4S.C12H22O2S/c1-3-16-11(13)12(8-6-9-12)7-4-5-10-17(2,14)15;1-3-14-11(13)12(8-6-9-12)7-4-5-10-15-2/h3-10H2,1-2H3;3-10H2,1-2H3. The highest BCUT2D eigenvalue weighted by Crippen LogP contribution is 2.47. The molecule has 0 spiro atoms. The lowest BCUT2D eigenvalue weighted by Crippen LogP contribution is -2.39. The van der Waals surface area contributed by atoms with Crippen molar-refractivity contribution in [3.8, 4) is 0 Å². The van der Waals surface area contributed by atoms with Crippen molar-refractivity contribution >= 4 is 33.5 Å². The Morgan fingerprint density at radius 2 is 1.25 bits per heavy atom. The van der Waals surface area contributed by atoms with E-state index in [2.05, 4.69) is 6.26 Å². The number of esters is 2. The Labute approximate surface area is 199 Å². The van der Waals surface area contributed by atoms with Crippen LogP contribution in [0, 0.1) is 10.8 Å². The molecular formula is C24H44O6S2. The molecule has 0 saturated heterocycles. The topological polar surface area (TPSA) is 86.7 Å². The van der Waals surface area contributed by atoms with Crippen molar-refractivity contribution in [3.63, 3.8) is 0 Å². The first-order chi connectivity index (χ1) is 15.1. The summed E-state index contributed by atoms with van der Waals surface area (Å²) in [5.74, 6) is 1.39. The largest absolute Gasteiger partial charge is 0.466 e. The molecule has 0 aliphatic heterocycles. The third-order valence-electron chi connectivity index (χ3n) is 6.71. The summed E-state index contributed by atoms with van der Waals surface area (Å²) in [4.78, 5) is 23.6. The van der Waals surface area contributed by atoms with Crippen LogP contribution in [-0.4, -0.2) is 57.6 Å². The molecule has 0 radical (unpaired) electrons. The molecule has 0 aromatic carbocycles. The molecule has 8 heteroatoms. The molecule has 0 heterocycles. The zero-order valence-corrected chi connectivity index (χ0v) is 22.2. The number of carbonyl (C=O) groups excluding carboxylic acids is 2. The average Bonchev–Trinajstić information content (AvgIpc) is 2.65. The number of hydrogen-bond acceptors (Lipinski definition) is 7. The van der Waals surface area contributed by atoms with E-state index in [1.54, 1.807) is 0 Å². The van der Waals surface area contributed by atoms with Gasteiger partial charge in [0.1, 0.15) is 9.84 Å². The summed E-state index contributed by atoms with van der Waals surface area (Å²) in [5.41, 5.74) is -0.387. The molecule has 188 valence electrons. The normalized spacial score (nSPS) is 18.4. The first kappa shape index (κ1) is 29.3. The Hall–Kier alpha value is -0.760. The van der Waals surface area contributed by atoms with Crippen LogP contribution in [0.2, 0.25) is 0 Å². The van der Waals surface area contributed by atoms with Gasteiger partial charge >= 0.3 is 11.9 Å². The van der Waals surface area contributed by atoms with E-state index in [0.717, 1.165) is 51.4 Å². The summed E-state index contributed by atoms with van der Waals surface area (Å²) in [6.45, 7) is 4.64. The van der Waals surface area contributed by atoms with Crippen molar-refractivity contribution in [1.82, 2.24) is 0 Å². The lowest BCUT2D eigenvalue weighted by Gasteiger charge is -2.39. The SMILES string of the molecule is CCOC(=O)C1(CCCCS(C)(=O)=O)CCC1.CCOC(=O)C1(CCCCSC)CCC1. The monoisotopic (exact) mass is 492 g/mol. The van der Waals surface area contributed by atoms with Crippen LogP contribution in [0.5, 0.6) is 0 Å². The van der Waals surface area contributed by atoms with Gasteiger partial charge in [-0.15, -0.1) is 0 Å². The van der Waals surface area contributed by atoms with Crippen LogP contribution in [-0.2, 0) is 28.9 Å². The second-order valence-electron chi connectivity index (χ2n) is 9.25. The maximum Gasteiger partial charge on any atom is 0.312 e. The van der Waals surface area contributed by atoms with Crippen LogP contribution in [0.1, 0.15) is 90.9 Å². The Morgan fingerprint density at radius 1 is 0.812 bits per heavy atom. The van der Waals surface area contributed by atoms with Crippen LogP contribution in [0.15, 0.2) is 0 Å². The van der Waals surface area contributed by atoms with Crippen molar-refractivity contribution in [2.24, 2.45) is 10.8 Å². The predicted molar refractivity (Wildman–Crippen MR) is 132 cm³/mol. The molecule has 0 atom stereocenters. The van der Waals surface area contributed by atoms with Gasteiger partial charge in [0, 0.05) is 12.0 Å². The number of thioether (sulfide) groups is 1. The van der Waals surface area contributed by atoms with E-state index in [0.29, 0.717) is 19.6 Å². The fourth-order valence-electron chi connectivity index (χ4n) is 4.43. The minimum absolute atomic E-state index is 0.0559. The van der Waals surface area contributed by atoms with E-state index in [1.165, 1.54) is 31.3 Å². The van der Waals surface area contributed by atoms with Crippen LogP contribution < -0.4 is 0 Å². The van der Waals surface area contributed by atoms with Gasteiger partial charge in [-0.25, -0.2) is 8.42 Å². The number of unbranched alkanes of at least 4 members (excludes halogenated alkanes) is 2. The summed E-state index contributed by atoms with van der Waals surface area (Å²) < 4.78 is 32.2. The molecule has 0 bridgehead atoms. The Kier molecular flexibility index (Phi) is 13.3. The highest BCUT2D eigenvalue weighted by Gasteiger charge is 2.45. The lowest BCUT2D eigenvalue weighted by atomic mass is 9.66. The van der Waals surface area contributed by atoms with E-state index < -0.39 is 9.84 Å². The van der Waals surface area contributed by atoms with Gasteiger partial charge in [-0.1, -0.05) is 25.7 Å². The number of ether oxygens (including phenoxy) is 2. The van der Waals surface area contributed by atoms with E-state index in [9.17, 15) is 18.0 Å². The van der Waals surface area contributed by atoms with Gasteiger partial charge in [-0.3, -0.25) is 9.59 Å². The number of carbonyl (C=O) groups is 2. The van der Waals surface area contributed by atoms with Crippen LogP contribution >= 0.6 is 11.8 Å².